The van der Waals surface area contributed by atoms with Crippen molar-refractivity contribution < 1.29 is 4.74 Å². The Labute approximate surface area is 80.4 Å². The molecule has 0 spiro atoms. The maximum atomic E-state index is 5.69. The Kier molecular flexibility index (Phi) is 4.17. The maximum Gasteiger partial charge on any atom is 0.0879 e. The minimum Gasteiger partial charge on any atom is -0.473 e. The van der Waals surface area contributed by atoms with E-state index in [1.807, 2.05) is 27.7 Å². The molecule has 0 aromatic heterocycles. The third kappa shape index (κ3) is 11.2. The van der Waals surface area contributed by atoms with Crippen molar-refractivity contribution in [1.82, 2.24) is 0 Å². The highest BCUT2D eigenvalue weighted by atomic mass is 16.5. The molecule has 0 rings (SSSR count). The van der Waals surface area contributed by atoms with E-state index in [4.69, 9.17) is 16.2 Å². The Bertz CT molecular complexity index is 172. The molecular weight excluding hydrogens is 164 g/mol. The molecule has 0 unspecified atom stereocenters. The van der Waals surface area contributed by atoms with Gasteiger partial charge in [-0.05, 0) is 39.8 Å². The zero-order chi connectivity index (χ0) is 10.5. The lowest BCUT2D eigenvalue weighted by atomic mass is 10.1. The van der Waals surface area contributed by atoms with E-state index < -0.39 is 0 Å². The normalized spacial score (nSPS) is 14.3. The average Bonchev–Trinajstić information content (AvgIpc) is 1.81. The lowest BCUT2D eigenvalue weighted by Gasteiger charge is -2.12. The molecule has 0 saturated carbocycles. The molecule has 76 valence electrons. The summed E-state index contributed by atoms with van der Waals surface area (Å²) in [6.45, 7) is 7.57. The van der Waals surface area contributed by atoms with Crippen molar-refractivity contribution in [2.24, 2.45) is 11.5 Å². The van der Waals surface area contributed by atoms with Crippen molar-refractivity contribution in [1.29, 1.82) is 0 Å². The highest BCUT2D eigenvalue weighted by Crippen LogP contribution is 2.00. The number of nitrogens with two attached hydrogens (primary N) is 2. The number of ether oxygens (including phenoxy) is 1. The second-order valence-electron chi connectivity index (χ2n) is 4.38. The van der Waals surface area contributed by atoms with E-state index in [1.165, 1.54) is 0 Å². The Morgan fingerprint density at radius 3 is 1.38 bits per heavy atom. The molecule has 0 heterocycles. The van der Waals surface area contributed by atoms with Crippen LogP contribution in [0.25, 0.3) is 0 Å². The van der Waals surface area contributed by atoms with Gasteiger partial charge in [-0.3, -0.25) is 0 Å². The molecule has 0 aliphatic carbocycles. The van der Waals surface area contributed by atoms with Crippen LogP contribution in [-0.4, -0.2) is 11.1 Å². The first kappa shape index (κ1) is 12.2. The van der Waals surface area contributed by atoms with E-state index in [-0.39, 0.29) is 11.1 Å². The van der Waals surface area contributed by atoms with Crippen LogP contribution in [0.4, 0.5) is 0 Å². The Balaban J connectivity index is 3.81. The van der Waals surface area contributed by atoms with Crippen LogP contribution in [0.2, 0.25) is 0 Å². The highest BCUT2D eigenvalue weighted by molar-refractivity contribution is 4.98. The SMILES string of the molecule is CC(C)(N)C=COC=CC(C)(C)N. The van der Waals surface area contributed by atoms with Gasteiger partial charge in [0.15, 0.2) is 0 Å². The Hall–Kier alpha value is -0.800. The summed E-state index contributed by atoms with van der Waals surface area (Å²) in [6, 6.07) is 0. The summed E-state index contributed by atoms with van der Waals surface area (Å²) in [4.78, 5) is 0. The third-order valence-electron chi connectivity index (χ3n) is 1.15. The molecule has 0 radical (unpaired) electrons. The smallest absolute Gasteiger partial charge is 0.0879 e. The van der Waals surface area contributed by atoms with Crippen molar-refractivity contribution in [2.75, 3.05) is 0 Å². The van der Waals surface area contributed by atoms with Crippen LogP contribution in [0.5, 0.6) is 0 Å². The van der Waals surface area contributed by atoms with Crippen LogP contribution < -0.4 is 11.5 Å². The van der Waals surface area contributed by atoms with Crippen LogP contribution in [0.1, 0.15) is 27.7 Å². The van der Waals surface area contributed by atoms with Gasteiger partial charge in [-0.2, -0.15) is 0 Å². The molecule has 0 aromatic rings. The second kappa shape index (κ2) is 4.44. The zero-order valence-electron chi connectivity index (χ0n) is 8.87. The predicted molar refractivity (Wildman–Crippen MR) is 55.9 cm³/mol. The van der Waals surface area contributed by atoms with Crippen molar-refractivity contribution in [3.63, 3.8) is 0 Å². The fourth-order valence-corrected chi connectivity index (χ4v) is 0.475. The van der Waals surface area contributed by atoms with E-state index >= 15 is 0 Å². The van der Waals surface area contributed by atoms with E-state index in [1.54, 1.807) is 24.7 Å². The van der Waals surface area contributed by atoms with Crippen molar-refractivity contribution >= 4 is 0 Å². The fourth-order valence-electron chi connectivity index (χ4n) is 0.475. The van der Waals surface area contributed by atoms with Crippen LogP contribution >= 0.6 is 0 Å². The molecule has 3 heteroatoms. The van der Waals surface area contributed by atoms with Gasteiger partial charge in [-0.1, -0.05) is 0 Å². The minimum atomic E-state index is -0.341. The number of hydrogen-bond acceptors (Lipinski definition) is 3. The summed E-state index contributed by atoms with van der Waals surface area (Å²) in [5.41, 5.74) is 10.7. The van der Waals surface area contributed by atoms with Gasteiger partial charge in [0.05, 0.1) is 12.5 Å². The van der Waals surface area contributed by atoms with Crippen molar-refractivity contribution in [2.45, 2.75) is 38.8 Å². The van der Waals surface area contributed by atoms with E-state index in [9.17, 15) is 0 Å². The summed E-state index contributed by atoms with van der Waals surface area (Å²) in [5.74, 6) is 0. The van der Waals surface area contributed by atoms with Gasteiger partial charge in [0.25, 0.3) is 0 Å². The first-order valence-electron chi connectivity index (χ1n) is 4.29. The molecule has 13 heavy (non-hydrogen) atoms. The van der Waals surface area contributed by atoms with Crippen LogP contribution in [0.15, 0.2) is 24.7 Å². The van der Waals surface area contributed by atoms with Gasteiger partial charge < -0.3 is 16.2 Å². The van der Waals surface area contributed by atoms with Crippen LogP contribution in [-0.2, 0) is 4.74 Å². The summed E-state index contributed by atoms with van der Waals surface area (Å²) < 4.78 is 5.06. The summed E-state index contributed by atoms with van der Waals surface area (Å²) in [6.07, 6.45) is 6.67. The molecule has 0 fully saturated rings. The molecule has 0 aliphatic rings. The highest BCUT2D eigenvalue weighted by Gasteiger charge is 2.04. The average molecular weight is 184 g/mol. The maximum absolute atomic E-state index is 5.69. The lowest BCUT2D eigenvalue weighted by Crippen LogP contribution is -2.29. The number of rotatable bonds is 4. The van der Waals surface area contributed by atoms with Gasteiger partial charge in [-0.15, -0.1) is 0 Å². The van der Waals surface area contributed by atoms with E-state index in [0.29, 0.717) is 0 Å². The standard InChI is InChI=1S/C10H20N2O/c1-9(2,11)5-7-13-8-6-10(3,4)12/h5-8H,11-12H2,1-4H3. The molecule has 3 nitrogen and oxygen atoms in total. The molecule has 0 amide bonds. The predicted octanol–water partition coefficient (Wildman–Crippen LogP) is 1.50. The molecule has 0 saturated heterocycles. The topological polar surface area (TPSA) is 61.3 Å². The van der Waals surface area contributed by atoms with Gasteiger partial charge in [0.2, 0.25) is 0 Å². The summed E-state index contributed by atoms with van der Waals surface area (Å²) in [7, 11) is 0. The fraction of sp³-hybridized carbons (Fsp3) is 0.600. The zero-order valence-corrected chi connectivity index (χ0v) is 8.87. The van der Waals surface area contributed by atoms with Crippen LogP contribution in [0.3, 0.4) is 0 Å². The van der Waals surface area contributed by atoms with E-state index in [2.05, 4.69) is 0 Å². The quantitative estimate of drug-likeness (QED) is 0.651. The Morgan fingerprint density at radius 2 is 1.15 bits per heavy atom. The van der Waals surface area contributed by atoms with Gasteiger partial charge >= 0.3 is 0 Å². The molecule has 0 aromatic carbocycles. The van der Waals surface area contributed by atoms with Crippen molar-refractivity contribution in [3.05, 3.63) is 24.7 Å². The van der Waals surface area contributed by atoms with Crippen molar-refractivity contribution in [3.8, 4) is 0 Å². The van der Waals surface area contributed by atoms with Gasteiger partial charge in [-0.25, -0.2) is 0 Å². The minimum absolute atomic E-state index is 0.341. The summed E-state index contributed by atoms with van der Waals surface area (Å²) in [5, 5.41) is 0. The monoisotopic (exact) mass is 184 g/mol. The van der Waals surface area contributed by atoms with Gasteiger partial charge in [0, 0.05) is 11.1 Å². The third-order valence-corrected chi connectivity index (χ3v) is 1.15. The summed E-state index contributed by atoms with van der Waals surface area (Å²) >= 11 is 0. The molecule has 0 atom stereocenters. The first-order chi connectivity index (χ1) is 5.71. The molecule has 0 aliphatic heterocycles. The number of hydrogen-bond donors (Lipinski definition) is 2. The Morgan fingerprint density at radius 1 is 0.846 bits per heavy atom. The second-order valence-corrected chi connectivity index (χ2v) is 4.38. The van der Waals surface area contributed by atoms with Crippen LogP contribution in [0, 0.1) is 0 Å². The van der Waals surface area contributed by atoms with E-state index in [0.717, 1.165) is 0 Å². The molecular formula is C10H20N2O. The molecule has 4 N–H and O–H groups in total. The first-order valence-corrected chi connectivity index (χ1v) is 4.29. The largest absolute Gasteiger partial charge is 0.473 e. The molecule has 0 bridgehead atoms. The lowest BCUT2D eigenvalue weighted by molar-refractivity contribution is 0.389. The van der Waals surface area contributed by atoms with Gasteiger partial charge in [0.1, 0.15) is 0 Å².